The molecule has 0 saturated heterocycles. The van der Waals surface area contributed by atoms with Gasteiger partial charge in [0.2, 0.25) is 5.28 Å². The van der Waals surface area contributed by atoms with Gasteiger partial charge in [0.25, 0.3) is 0 Å². The summed E-state index contributed by atoms with van der Waals surface area (Å²) in [6.45, 7) is 1.03. The Morgan fingerprint density at radius 1 is 1.54 bits per heavy atom. The van der Waals surface area contributed by atoms with E-state index in [1.165, 1.54) is 0 Å². The van der Waals surface area contributed by atoms with Crippen LogP contribution in [0.5, 0.6) is 0 Å². The Morgan fingerprint density at radius 3 is 2.92 bits per heavy atom. The third kappa shape index (κ3) is 4.45. The van der Waals surface area contributed by atoms with E-state index in [9.17, 15) is 0 Å². The van der Waals surface area contributed by atoms with Crippen LogP contribution in [0.1, 0.15) is 0 Å². The zero-order valence-corrected chi connectivity index (χ0v) is 9.27. The molecule has 5 heteroatoms. The molecule has 0 aliphatic rings. The first-order valence-electron chi connectivity index (χ1n) is 3.94. The zero-order valence-electron chi connectivity index (χ0n) is 7.70. The molecule has 0 radical (unpaired) electrons. The third-order valence-electron chi connectivity index (χ3n) is 1.39. The molecule has 13 heavy (non-hydrogen) atoms. The van der Waals surface area contributed by atoms with Gasteiger partial charge in [-0.25, -0.2) is 9.97 Å². The van der Waals surface area contributed by atoms with E-state index < -0.39 is 0 Å². The molecule has 1 heterocycles. The fourth-order valence-electron chi connectivity index (χ4n) is 0.733. The number of thioether (sulfide) groups is 1. The Labute approximate surface area is 87.5 Å². The topological polar surface area (TPSA) is 29.0 Å². The zero-order chi connectivity index (χ0) is 9.68. The summed E-state index contributed by atoms with van der Waals surface area (Å²) < 4.78 is 0. The Hall–Kier alpha value is -0.320. The summed E-state index contributed by atoms with van der Waals surface area (Å²) in [4.78, 5) is 10.0. The van der Waals surface area contributed by atoms with Gasteiger partial charge >= 0.3 is 0 Å². The maximum Gasteiger partial charge on any atom is 0.223 e. The molecule has 0 unspecified atom stereocenters. The lowest BCUT2D eigenvalue weighted by molar-refractivity contribution is 0.437. The van der Waals surface area contributed by atoms with Crippen molar-refractivity contribution in [2.75, 3.05) is 26.4 Å². The van der Waals surface area contributed by atoms with Gasteiger partial charge < -0.3 is 4.90 Å². The van der Waals surface area contributed by atoms with Crippen LogP contribution in [0.2, 0.25) is 5.28 Å². The monoisotopic (exact) mass is 217 g/mol. The number of rotatable bonds is 4. The van der Waals surface area contributed by atoms with Gasteiger partial charge in [-0.2, -0.15) is 0 Å². The van der Waals surface area contributed by atoms with Gasteiger partial charge in [-0.05, 0) is 31.8 Å². The van der Waals surface area contributed by atoms with Crippen molar-refractivity contribution < 1.29 is 0 Å². The van der Waals surface area contributed by atoms with Crippen LogP contribution in [0, 0.1) is 0 Å². The average Bonchev–Trinajstić information content (AvgIpc) is 2.03. The summed E-state index contributed by atoms with van der Waals surface area (Å²) >= 11 is 7.33. The van der Waals surface area contributed by atoms with E-state index in [1.807, 2.05) is 20.2 Å². The van der Waals surface area contributed by atoms with Crippen LogP contribution in [0.4, 0.5) is 0 Å². The van der Waals surface area contributed by atoms with Crippen molar-refractivity contribution in [3.63, 3.8) is 0 Å². The molecule has 0 spiro atoms. The van der Waals surface area contributed by atoms with E-state index in [4.69, 9.17) is 11.6 Å². The van der Waals surface area contributed by atoms with E-state index in [1.54, 1.807) is 18.0 Å². The predicted octanol–water partition coefficient (Wildman–Crippen LogP) is 1.78. The van der Waals surface area contributed by atoms with Gasteiger partial charge in [-0.3, -0.25) is 0 Å². The van der Waals surface area contributed by atoms with Crippen LogP contribution in [0.3, 0.4) is 0 Å². The summed E-state index contributed by atoms with van der Waals surface area (Å²) in [5, 5.41) is 1.25. The SMILES string of the molecule is CN(C)CCSc1ccnc(Cl)n1. The maximum absolute atomic E-state index is 5.64. The number of hydrogen-bond donors (Lipinski definition) is 0. The van der Waals surface area contributed by atoms with Gasteiger partial charge in [0, 0.05) is 18.5 Å². The Morgan fingerprint density at radius 2 is 2.31 bits per heavy atom. The van der Waals surface area contributed by atoms with Crippen molar-refractivity contribution in [1.29, 1.82) is 0 Å². The van der Waals surface area contributed by atoms with E-state index in [0.29, 0.717) is 5.28 Å². The summed E-state index contributed by atoms with van der Waals surface area (Å²) in [6, 6.07) is 1.87. The van der Waals surface area contributed by atoms with E-state index in [-0.39, 0.29) is 0 Å². The number of hydrogen-bond acceptors (Lipinski definition) is 4. The molecule has 1 rings (SSSR count). The first-order valence-corrected chi connectivity index (χ1v) is 5.31. The average molecular weight is 218 g/mol. The van der Waals surface area contributed by atoms with Crippen molar-refractivity contribution in [2.45, 2.75) is 5.03 Å². The van der Waals surface area contributed by atoms with Crippen LogP contribution in [-0.4, -0.2) is 41.3 Å². The predicted molar refractivity (Wildman–Crippen MR) is 56.3 cm³/mol. The molecule has 0 amide bonds. The molecule has 0 fully saturated rings. The largest absolute Gasteiger partial charge is 0.309 e. The fraction of sp³-hybridized carbons (Fsp3) is 0.500. The summed E-state index contributed by atoms with van der Waals surface area (Å²) in [5.41, 5.74) is 0. The van der Waals surface area contributed by atoms with Crippen molar-refractivity contribution in [1.82, 2.24) is 14.9 Å². The smallest absolute Gasteiger partial charge is 0.223 e. The second-order valence-electron chi connectivity index (χ2n) is 2.82. The lowest BCUT2D eigenvalue weighted by Gasteiger charge is -2.07. The third-order valence-corrected chi connectivity index (χ3v) is 2.48. The van der Waals surface area contributed by atoms with Crippen molar-refractivity contribution in [2.24, 2.45) is 0 Å². The van der Waals surface area contributed by atoms with E-state index in [0.717, 1.165) is 17.3 Å². The molecule has 3 nitrogen and oxygen atoms in total. The summed E-state index contributed by atoms with van der Waals surface area (Å²) in [6.07, 6.45) is 1.67. The molecule has 0 aromatic carbocycles. The highest BCUT2D eigenvalue weighted by molar-refractivity contribution is 7.99. The van der Waals surface area contributed by atoms with Gasteiger partial charge in [-0.1, -0.05) is 0 Å². The minimum absolute atomic E-state index is 0.315. The molecule has 1 aromatic rings. The number of nitrogens with zero attached hydrogens (tertiary/aromatic N) is 3. The van der Waals surface area contributed by atoms with Crippen molar-refractivity contribution in [3.05, 3.63) is 17.5 Å². The first-order chi connectivity index (χ1) is 6.18. The van der Waals surface area contributed by atoms with E-state index in [2.05, 4.69) is 14.9 Å². The number of aromatic nitrogens is 2. The van der Waals surface area contributed by atoms with E-state index >= 15 is 0 Å². The van der Waals surface area contributed by atoms with Gasteiger partial charge in [0.15, 0.2) is 0 Å². The molecule has 0 atom stereocenters. The first kappa shape index (κ1) is 10.8. The van der Waals surface area contributed by atoms with Gasteiger partial charge in [0.1, 0.15) is 5.03 Å². The Bertz CT molecular complexity index is 267. The standard InChI is InChI=1S/C8H12ClN3S/c1-12(2)5-6-13-7-3-4-10-8(9)11-7/h3-4H,5-6H2,1-2H3. The van der Waals surface area contributed by atoms with Crippen LogP contribution >= 0.6 is 23.4 Å². The Kier molecular flexibility index (Phi) is 4.48. The molecule has 0 N–H and O–H groups in total. The highest BCUT2D eigenvalue weighted by Gasteiger charge is 1.97. The molecule has 0 saturated carbocycles. The second-order valence-corrected chi connectivity index (χ2v) is 4.27. The molecule has 0 aliphatic carbocycles. The summed E-state index contributed by atoms with van der Waals surface area (Å²) in [7, 11) is 4.10. The molecule has 0 bridgehead atoms. The molecule has 1 aromatic heterocycles. The highest BCUT2D eigenvalue weighted by Crippen LogP contribution is 2.15. The molecule has 72 valence electrons. The van der Waals surface area contributed by atoms with Crippen LogP contribution in [-0.2, 0) is 0 Å². The molecule has 0 aliphatic heterocycles. The number of halogens is 1. The molecular formula is C8H12ClN3S. The lowest BCUT2D eigenvalue weighted by Crippen LogP contribution is -2.14. The highest BCUT2D eigenvalue weighted by atomic mass is 35.5. The lowest BCUT2D eigenvalue weighted by atomic mass is 10.7. The van der Waals surface area contributed by atoms with Crippen molar-refractivity contribution >= 4 is 23.4 Å². The fourth-order valence-corrected chi connectivity index (χ4v) is 1.90. The second kappa shape index (κ2) is 5.42. The van der Waals surface area contributed by atoms with Gasteiger partial charge in [-0.15, -0.1) is 11.8 Å². The van der Waals surface area contributed by atoms with Gasteiger partial charge in [0.05, 0.1) is 0 Å². The Balaban J connectivity index is 2.37. The minimum atomic E-state index is 0.315. The molecular weight excluding hydrogens is 206 g/mol. The van der Waals surface area contributed by atoms with Crippen LogP contribution in [0.15, 0.2) is 17.3 Å². The normalized spacial score (nSPS) is 10.8. The quantitative estimate of drug-likeness (QED) is 0.437. The minimum Gasteiger partial charge on any atom is -0.309 e. The van der Waals surface area contributed by atoms with Crippen LogP contribution in [0.25, 0.3) is 0 Å². The maximum atomic E-state index is 5.64. The van der Waals surface area contributed by atoms with Crippen LogP contribution < -0.4 is 0 Å². The summed E-state index contributed by atoms with van der Waals surface area (Å²) in [5.74, 6) is 1.01. The van der Waals surface area contributed by atoms with Crippen molar-refractivity contribution in [3.8, 4) is 0 Å².